The number of rotatable bonds is 0. The van der Waals surface area contributed by atoms with E-state index in [4.69, 9.17) is 10.1 Å². The van der Waals surface area contributed by atoms with Gasteiger partial charge in [0, 0.05) is 0 Å². The van der Waals surface area contributed by atoms with Crippen molar-refractivity contribution in [2.24, 2.45) is 11.7 Å². The van der Waals surface area contributed by atoms with Crippen LogP contribution in [0, 0.1) is 10.1 Å². The summed E-state index contributed by atoms with van der Waals surface area (Å²) >= 11 is 2.73. The van der Waals surface area contributed by atoms with Crippen molar-refractivity contribution in [2.45, 2.75) is 0 Å². The second kappa shape index (κ2) is 23.2. The molecule has 0 fully saturated rings. The first-order chi connectivity index (χ1) is 2.73. The van der Waals surface area contributed by atoms with Crippen molar-refractivity contribution in [3.8, 4) is 0 Å². The first kappa shape index (κ1) is 22.6. The summed E-state index contributed by atoms with van der Waals surface area (Å²) in [6.07, 6.45) is 0. The Kier molecular flexibility index (Phi) is 65.4. The van der Waals surface area contributed by atoms with Crippen LogP contribution in [-0.2, 0) is 16.0 Å². The number of hydrogen-bond acceptors (Lipinski definition) is 4. The van der Waals surface area contributed by atoms with E-state index in [2.05, 4.69) is 27.6 Å². The van der Waals surface area contributed by atoms with Gasteiger partial charge in [-0.3, -0.25) is 11.7 Å². The van der Waals surface area contributed by atoms with Crippen molar-refractivity contribution in [1.29, 1.82) is 0 Å². The third-order valence-electron chi connectivity index (χ3n) is 0. The first-order valence-corrected chi connectivity index (χ1v) is 1.31. The number of hydrazine groups is 1. The molecule has 0 bridgehead atoms. The molecule has 0 aliphatic rings. The Balaban J connectivity index is -0.0000000183. The average molecular weight is 183 g/mol. The molecule has 0 atom stereocenters. The predicted molar refractivity (Wildman–Crippen MR) is 15.4 cm³/mol. The van der Waals surface area contributed by atoms with Crippen LogP contribution in [0.1, 0.15) is 0 Å². The van der Waals surface area contributed by atoms with Gasteiger partial charge in [-0.15, -0.1) is 0 Å². The summed E-state index contributed by atoms with van der Waals surface area (Å²) in [5, 5.41) is 8.67. The Bertz CT molecular complexity index is 38.3. The van der Waals surface area contributed by atoms with E-state index in [0.717, 1.165) is 0 Å². The van der Waals surface area contributed by atoms with E-state index in [9.17, 15) is 0 Å². The summed E-state index contributed by atoms with van der Waals surface area (Å²) in [7, 11) is 0. The molecule has 8 heteroatoms. The molecule has 0 spiro atoms. The van der Waals surface area contributed by atoms with Crippen LogP contribution in [0.15, 0.2) is 0 Å². The number of nitro groups is 1. The Morgan fingerprint density at radius 3 is 1.38 bits per heavy atom. The minimum atomic E-state index is -0.812. The van der Waals surface area contributed by atoms with Gasteiger partial charge in [0.1, 0.15) is 0 Å². The summed E-state index contributed by atoms with van der Waals surface area (Å²) in [6.45, 7) is 0. The monoisotopic (exact) mass is 183 g/mol. The van der Waals surface area contributed by atoms with Crippen molar-refractivity contribution in [3.05, 3.63) is 10.1 Å². The van der Waals surface area contributed by atoms with Gasteiger partial charge in [0.15, 0.2) is 0 Å². The maximum atomic E-state index is 8.67. The molecule has 0 aromatic rings. The maximum Gasteiger partial charge on any atom is 1.00 e. The van der Waals surface area contributed by atoms with Crippen LogP contribution < -0.4 is 70.8 Å². The molecule has 8 heavy (non-hydrogen) atoms. The zero-order chi connectivity index (χ0) is 5.58. The van der Waals surface area contributed by atoms with E-state index >= 15 is 0 Å². The quantitative estimate of drug-likeness (QED) is 0.169. The van der Waals surface area contributed by atoms with Crippen LogP contribution in [-0.4, -0.2) is 3.97 Å². The van der Waals surface area contributed by atoms with E-state index in [1.54, 1.807) is 0 Å². The fourth-order valence-electron chi connectivity index (χ4n) is 0. The van der Waals surface area contributed by atoms with Crippen molar-refractivity contribution in [1.82, 2.24) is 0 Å². The Hall–Kier alpha value is 1.83. The van der Waals surface area contributed by atoms with Gasteiger partial charge in [-0.1, -0.05) is 0 Å². The van der Waals surface area contributed by atoms with Crippen LogP contribution in [0.2, 0.25) is 0 Å². The molecule has 42 valence electrons. The SMILES string of the molecule is NN.O=[N+]([O-])[Co-2].[Na+].[Na+]. The normalized spacial score (nSPS) is 4.00. The molecular weight excluding hydrogens is 179 g/mol. The van der Waals surface area contributed by atoms with Crippen molar-refractivity contribution >= 4 is 0 Å². The van der Waals surface area contributed by atoms with Crippen molar-refractivity contribution in [3.63, 3.8) is 0 Å². The minimum absolute atomic E-state index is 0. The van der Waals surface area contributed by atoms with Crippen LogP contribution in [0.5, 0.6) is 0 Å². The Morgan fingerprint density at radius 2 is 1.38 bits per heavy atom. The molecule has 5 nitrogen and oxygen atoms in total. The van der Waals surface area contributed by atoms with Gasteiger partial charge in [-0.2, -0.15) is 0 Å². The fourth-order valence-corrected chi connectivity index (χ4v) is 0. The Morgan fingerprint density at radius 1 is 1.38 bits per heavy atom. The first-order valence-electron chi connectivity index (χ1n) is 0.848. The molecule has 0 amide bonds. The molecule has 0 aromatic heterocycles. The number of nitrogens with zero attached hydrogens (tertiary/aromatic N) is 1. The summed E-state index contributed by atoms with van der Waals surface area (Å²) in [5.41, 5.74) is 0. The summed E-state index contributed by atoms with van der Waals surface area (Å²) in [5.74, 6) is 8.00. The molecule has 0 aliphatic heterocycles. The number of nitrogens with two attached hydrogens (primary N) is 2. The third-order valence-corrected chi connectivity index (χ3v) is 0. The second-order valence-electron chi connectivity index (χ2n) is 0.196. The van der Waals surface area contributed by atoms with E-state index in [1.165, 1.54) is 0 Å². The van der Waals surface area contributed by atoms with Crippen LogP contribution >= 0.6 is 0 Å². The third kappa shape index (κ3) is 109. The second-order valence-corrected chi connectivity index (χ2v) is 0.576. The van der Waals surface area contributed by atoms with Gasteiger partial charge >= 0.3 is 89.2 Å². The molecule has 4 N–H and O–H groups in total. The van der Waals surface area contributed by atoms with Gasteiger partial charge in [0.2, 0.25) is 0 Å². The molecule has 0 radical (unpaired) electrons. The van der Waals surface area contributed by atoms with E-state index in [0.29, 0.717) is 0 Å². The molecule has 0 heterocycles. The summed E-state index contributed by atoms with van der Waals surface area (Å²) < 4.78 is -0.812. The average Bonchev–Trinajstić information content (AvgIpc) is 1.41. The summed E-state index contributed by atoms with van der Waals surface area (Å²) in [4.78, 5) is 8.67. The van der Waals surface area contributed by atoms with E-state index in [1.807, 2.05) is 0 Å². The number of hydrogen-bond donors (Lipinski definition) is 2. The molecule has 0 aromatic carbocycles. The van der Waals surface area contributed by atoms with Gasteiger partial charge in [0.05, 0.1) is 0 Å². The molecule has 0 saturated heterocycles. The van der Waals surface area contributed by atoms with Crippen molar-refractivity contribution < 1.29 is 79.0 Å². The zero-order valence-corrected chi connectivity index (χ0v) is 9.79. The molecule has 0 saturated carbocycles. The van der Waals surface area contributed by atoms with Crippen LogP contribution in [0.3, 0.4) is 0 Å². The predicted octanol–water partition coefficient (Wildman–Crippen LogP) is -7.45. The van der Waals surface area contributed by atoms with Gasteiger partial charge in [-0.05, 0) is 0 Å². The van der Waals surface area contributed by atoms with Gasteiger partial charge in [0.25, 0.3) is 0 Å². The Labute approximate surface area is 99.4 Å². The van der Waals surface area contributed by atoms with E-state index < -0.39 is 3.97 Å². The summed E-state index contributed by atoms with van der Waals surface area (Å²) in [6, 6.07) is 0. The van der Waals surface area contributed by atoms with Crippen molar-refractivity contribution in [2.75, 3.05) is 0 Å². The smallest absolute Gasteiger partial charge is 1.00 e. The van der Waals surface area contributed by atoms with Gasteiger partial charge < -0.3 is 0 Å². The zero-order valence-electron chi connectivity index (χ0n) is 4.75. The fraction of sp³-hybridized carbons (Fsp3) is 0. The molecular formula is H4CoN3Na2O2. The standard InChI is InChI=1S/Co.H4N2.NO2.2Na/c;1-2;2-1-3;;/h;1-2H2;;;/q-2;;;2*+1. The molecule has 0 rings (SSSR count). The maximum absolute atomic E-state index is 8.67. The minimum Gasteiger partial charge on any atom is 1.00 e. The molecule has 0 aliphatic carbocycles. The van der Waals surface area contributed by atoms with Crippen LogP contribution in [0.25, 0.3) is 0 Å². The molecule has 0 unspecified atom stereocenters. The van der Waals surface area contributed by atoms with Crippen LogP contribution in [0.4, 0.5) is 0 Å². The van der Waals surface area contributed by atoms with Gasteiger partial charge in [-0.25, -0.2) is 0 Å². The largest absolute Gasteiger partial charge is 1.00 e. The van der Waals surface area contributed by atoms with E-state index in [-0.39, 0.29) is 59.1 Å². The topological polar surface area (TPSA) is 95.2 Å².